The van der Waals surface area contributed by atoms with Gasteiger partial charge >= 0.3 is 0 Å². The molecule has 1 fully saturated rings. The van der Waals surface area contributed by atoms with E-state index in [1.165, 1.54) is 29.4 Å². The monoisotopic (exact) mass is 253 g/mol. The minimum atomic E-state index is 0.00231. The second-order valence-corrected chi connectivity index (χ2v) is 5.39. The highest BCUT2D eigenvalue weighted by molar-refractivity contribution is 6.06. The third-order valence-corrected chi connectivity index (χ3v) is 3.90. The molecule has 96 valence electrons. The topological polar surface area (TPSA) is 57.2 Å². The maximum absolute atomic E-state index is 11.1. The quantitative estimate of drug-likeness (QED) is 0.849. The highest BCUT2D eigenvalue weighted by Gasteiger charge is 2.25. The summed E-state index contributed by atoms with van der Waals surface area (Å²) < 4.78 is 0. The number of amides is 1. The molecular formula is C15H15N3O. The number of benzene rings is 1. The standard InChI is InChI=1S/C15H15N3O/c19-15-6-5-13(17-18-15)10-3-4-12-11(7-10)8-14(16-12)9-1-2-9/h3-4,7-9,16H,1-2,5-6H2,(H,18,19). The number of rotatable bonds is 2. The Hall–Kier alpha value is -2.10. The molecule has 2 aromatic rings. The number of carbonyl (C=O) groups is 1. The molecule has 0 saturated heterocycles. The average molecular weight is 253 g/mol. The van der Waals surface area contributed by atoms with Crippen LogP contribution < -0.4 is 5.43 Å². The lowest BCUT2D eigenvalue weighted by molar-refractivity contribution is -0.121. The van der Waals surface area contributed by atoms with Crippen molar-refractivity contribution in [2.75, 3.05) is 0 Å². The van der Waals surface area contributed by atoms with E-state index in [-0.39, 0.29) is 5.91 Å². The van der Waals surface area contributed by atoms with Gasteiger partial charge in [-0.3, -0.25) is 4.79 Å². The first-order valence-electron chi connectivity index (χ1n) is 6.78. The van der Waals surface area contributed by atoms with Crippen LogP contribution in [0.5, 0.6) is 0 Å². The number of carbonyl (C=O) groups excluding carboxylic acids is 1. The van der Waals surface area contributed by atoms with E-state index >= 15 is 0 Å². The number of nitrogens with zero attached hydrogens (tertiary/aromatic N) is 1. The smallest absolute Gasteiger partial charge is 0.240 e. The molecule has 1 aliphatic heterocycles. The van der Waals surface area contributed by atoms with Gasteiger partial charge in [-0.25, -0.2) is 5.43 Å². The lowest BCUT2D eigenvalue weighted by Gasteiger charge is -2.11. The van der Waals surface area contributed by atoms with Gasteiger partial charge in [0.15, 0.2) is 0 Å². The first-order valence-corrected chi connectivity index (χ1v) is 6.78. The first-order chi connectivity index (χ1) is 9.29. The number of nitrogens with one attached hydrogen (secondary N) is 2. The van der Waals surface area contributed by atoms with Gasteiger partial charge in [0, 0.05) is 29.4 Å². The van der Waals surface area contributed by atoms with Crippen LogP contribution in [0.15, 0.2) is 29.4 Å². The molecule has 0 radical (unpaired) electrons. The summed E-state index contributed by atoms with van der Waals surface area (Å²) in [7, 11) is 0. The molecular weight excluding hydrogens is 238 g/mol. The summed E-state index contributed by atoms with van der Waals surface area (Å²) in [6.45, 7) is 0. The molecule has 0 bridgehead atoms. The number of fused-ring (bicyclic) bond motifs is 1. The second-order valence-electron chi connectivity index (χ2n) is 5.39. The van der Waals surface area contributed by atoms with Crippen molar-refractivity contribution in [3.63, 3.8) is 0 Å². The molecule has 19 heavy (non-hydrogen) atoms. The van der Waals surface area contributed by atoms with Crippen LogP contribution in [-0.4, -0.2) is 16.6 Å². The van der Waals surface area contributed by atoms with Gasteiger partial charge in [0.2, 0.25) is 5.91 Å². The van der Waals surface area contributed by atoms with Gasteiger partial charge in [-0.05, 0) is 42.5 Å². The number of aromatic nitrogens is 1. The van der Waals surface area contributed by atoms with E-state index in [9.17, 15) is 4.79 Å². The minimum absolute atomic E-state index is 0.00231. The van der Waals surface area contributed by atoms with Crippen LogP contribution in [0.4, 0.5) is 0 Å². The Balaban J connectivity index is 1.72. The molecule has 1 aromatic carbocycles. The molecule has 2 heterocycles. The van der Waals surface area contributed by atoms with Gasteiger partial charge in [-0.15, -0.1) is 0 Å². The van der Waals surface area contributed by atoms with Crippen LogP contribution in [0, 0.1) is 0 Å². The van der Waals surface area contributed by atoms with Gasteiger partial charge in [-0.2, -0.15) is 5.10 Å². The lowest BCUT2D eigenvalue weighted by Crippen LogP contribution is -2.25. The van der Waals surface area contributed by atoms with Crippen molar-refractivity contribution >= 4 is 22.5 Å². The van der Waals surface area contributed by atoms with Crippen LogP contribution in [0.25, 0.3) is 10.9 Å². The molecule has 0 unspecified atom stereocenters. The number of aromatic amines is 1. The van der Waals surface area contributed by atoms with Crippen molar-refractivity contribution in [3.8, 4) is 0 Å². The highest BCUT2D eigenvalue weighted by Crippen LogP contribution is 2.40. The van der Waals surface area contributed by atoms with Gasteiger partial charge in [-0.1, -0.05) is 6.07 Å². The van der Waals surface area contributed by atoms with Crippen molar-refractivity contribution in [2.24, 2.45) is 5.10 Å². The average Bonchev–Trinajstić information content (AvgIpc) is 3.19. The third-order valence-electron chi connectivity index (χ3n) is 3.90. The Kier molecular flexibility index (Phi) is 2.24. The summed E-state index contributed by atoms with van der Waals surface area (Å²) in [6, 6.07) is 8.59. The Morgan fingerprint density at radius 3 is 2.79 bits per heavy atom. The maximum Gasteiger partial charge on any atom is 0.240 e. The van der Waals surface area contributed by atoms with Crippen molar-refractivity contribution in [2.45, 2.75) is 31.6 Å². The van der Waals surface area contributed by atoms with Crippen LogP contribution in [0.3, 0.4) is 0 Å². The zero-order chi connectivity index (χ0) is 12.8. The molecule has 4 heteroatoms. The molecule has 2 N–H and O–H groups in total. The Morgan fingerprint density at radius 1 is 1.16 bits per heavy atom. The highest BCUT2D eigenvalue weighted by atomic mass is 16.2. The number of H-pyrrole nitrogens is 1. The molecule has 1 aliphatic carbocycles. The SMILES string of the molecule is O=C1CCC(c2ccc3[nH]c(C4CC4)cc3c2)=NN1. The maximum atomic E-state index is 11.1. The Morgan fingerprint density at radius 2 is 2.05 bits per heavy atom. The molecule has 4 nitrogen and oxygen atoms in total. The normalized spacial score (nSPS) is 19.4. The van der Waals surface area contributed by atoms with Crippen molar-refractivity contribution in [1.82, 2.24) is 10.4 Å². The fraction of sp³-hybridized carbons (Fsp3) is 0.333. The fourth-order valence-electron chi connectivity index (χ4n) is 2.63. The number of hydrogen-bond donors (Lipinski definition) is 2. The Labute approximate surface area is 110 Å². The van der Waals surface area contributed by atoms with E-state index in [2.05, 4.69) is 39.8 Å². The van der Waals surface area contributed by atoms with Crippen LogP contribution in [-0.2, 0) is 4.79 Å². The van der Waals surface area contributed by atoms with Crippen LogP contribution in [0.1, 0.15) is 42.9 Å². The zero-order valence-corrected chi connectivity index (χ0v) is 10.6. The molecule has 4 rings (SSSR count). The second kappa shape index (κ2) is 3.95. The van der Waals surface area contributed by atoms with E-state index < -0.39 is 0 Å². The van der Waals surface area contributed by atoms with E-state index in [4.69, 9.17) is 0 Å². The number of hydrazone groups is 1. The van der Waals surface area contributed by atoms with E-state index in [1.807, 2.05) is 0 Å². The van der Waals surface area contributed by atoms with Gasteiger partial charge in [0.25, 0.3) is 0 Å². The zero-order valence-electron chi connectivity index (χ0n) is 10.6. The van der Waals surface area contributed by atoms with E-state index in [0.717, 1.165) is 23.6 Å². The van der Waals surface area contributed by atoms with Crippen LogP contribution >= 0.6 is 0 Å². The fourth-order valence-corrected chi connectivity index (χ4v) is 2.63. The van der Waals surface area contributed by atoms with Crippen LogP contribution in [0.2, 0.25) is 0 Å². The predicted octanol–water partition coefficient (Wildman–Crippen LogP) is 2.66. The van der Waals surface area contributed by atoms with Crippen molar-refractivity contribution in [1.29, 1.82) is 0 Å². The largest absolute Gasteiger partial charge is 0.358 e. The molecule has 1 amide bonds. The van der Waals surface area contributed by atoms with E-state index in [1.54, 1.807) is 0 Å². The summed E-state index contributed by atoms with van der Waals surface area (Å²) in [6.07, 6.45) is 3.85. The molecule has 1 saturated carbocycles. The van der Waals surface area contributed by atoms with Crippen molar-refractivity contribution < 1.29 is 4.79 Å². The first kappa shape index (κ1) is 10.8. The Bertz CT molecular complexity index is 694. The molecule has 2 aliphatic rings. The van der Waals surface area contributed by atoms with Gasteiger partial charge < -0.3 is 4.98 Å². The summed E-state index contributed by atoms with van der Waals surface area (Å²) >= 11 is 0. The summed E-state index contributed by atoms with van der Waals surface area (Å²) in [5.41, 5.74) is 7.17. The minimum Gasteiger partial charge on any atom is -0.358 e. The van der Waals surface area contributed by atoms with Crippen molar-refractivity contribution in [3.05, 3.63) is 35.5 Å². The summed E-state index contributed by atoms with van der Waals surface area (Å²) in [5, 5.41) is 5.38. The predicted molar refractivity (Wildman–Crippen MR) is 74.2 cm³/mol. The summed E-state index contributed by atoms with van der Waals surface area (Å²) in [4.78, 5) is 14.6. The number of hydrogen-bond acceptors (Lipinski definition) is 2. The lowest BCUT2D eigenvalue weighted by atomic mass is 10.0. The third kappa shape index (κ3) is 1.93. The molecule has 1 aromatic heterocycles. The molecule has 0 atom stereocenters. The summed E-state index contributed by atoms with van der Waals surface area (Å²) in [5.74, 6) is 0.740. The van der Waals surface area contributed by atoms with Gasteiger partial charge in [0.1, 0.15) is 0 Å². The van der Waals surface area contributed by atoms with E-state index in [0.29, 0.717) is 6.42 Å². The van der Waals surface area contributed by atoms with Gasteiger partial charge in [0.05, 0.1) is 5.71 Å². The molecule has 0 spiro atoms.